The van der Waals surface area contributed by atoms with Crippen LogP contribution in [0.2, 0.25) is 0 Å². The van der Waals surface area contributed by atoms with Crippen LogP contribution in [0.4, 0.5) is 9.18 Å². The third-order valence-corrected chi connectivity index (χ3v) is 3.76. The first-order valence-electron chi connectivity index (χ1n) is 6.88. The highest BCUT2D eigenvalue weighted by molar-refractivity contribution is 6.11. The van der Waals surface area contributed by atoms with Crippen molar-refractivity contribution in [3.05, 3.63) is 59.8 Å². The monoisotopic (exact) mass is 316 g/mol. The van der Waals surface area contributed by atoms with Gasteiger partial charge in [-0.05, 0) is 43.3 Å². The highest BCUT2D eigenvalue weighted by Gasteiger charge is 2.51. The minimum Gasteiger partial charge on any atom is -0.466 e. The van der Waals surface area contributed by atoms with Gasteiger partial charge in [-0.15, -0.1) is 0 Å². The number of rotatable bonds is 4. The number of Topliss-reactive ketones (excluding diaryl/α,β-unsaturated/α-hetero) is 1. The number of furan rings is 1. The maximum Gasteiger partial charge on any atom is 0.325 e. The van der Waals surface area contributed by atoms with E-state index in [9.17, 15) is 18.8 Å². The second kappa shape index (κ2) is 5.35. The topological polar surface area (TPSA) is 79.6 Å². The minimum atomic E-state index is -1.34. The van der Waals surface area contributed by atoms with Gasteiger partial charge in [0, 0.05) is 5.56 Å². The Morgan fingerprint density at radius 3 is 2.57 bits per heavy atom. The number of hydrogen-bond acceptors (Lipinski definition) is 4. The van der Waals surface area contributed by atoms with Crippen LogP contribution in [0.15, 0.2) is 47.1 Å². The second-order valence-corrected chi connectivity index (χ2v) is 5.35. The van der Waals surface area contributed by atoms with Crippen LogP contribution in [0.3, 0.4) is 0 Å². The smallest absolute Gasteiger partial charge is 0.325 e. The Hall–Kier alpha value is -2.96. The van der Waals surface area contributed by atoms with Gasteiger partial charge in [0.15, 0.2) is 11.3 Å². The maximum absolute atomic E-state index is 12.9. The van der Waals surface area contributed by atoms with E-state index in [4.69, 9.17) is 4.42 Å². The van der Waals surface area contributed by atoms with Crippen LogP contribution in [0.5, 0.6) is 0 Å². The molecule has 1 saturated heterocycles. The van der Waals surface area contributed by atoms with Crippen LogP contribution in [-0.4, -0.2) is 29.2 Å². The summed E-state index contributed by atoms with van der Waals surface area (Å²) in [6.07, 6.45) is 1.40. The number of nitrogens with zero attached hydrogens (tertiary/aromatic N) is 1. The third-order valence-electron chi connectivity index (χ3n) is 3.76. The molecule has 1 aromatic carbocycles. The van der Waals surface area contributed by atoms with Gasteiger partial charge in [-0.3, -0.25) is 14.5 Å². The van der Waals surface area contributed by atoms with E-state index in [2.05, 4.69) is 5.32 Å². The van der Waals surface area contributed by atoms with E-state index in [1.165, 1.54) is 25.3 Å². The number of urea groups is 1. The fourth-order valence-electron chi connectivity index (χ4n) is 2.44. The summed E-state index contributed by atoms with van der Waals surface area (Å²) in [5.41, 5.74) is -1.12. The lowest BCUT2D eigenvalue weighted by molar-refractivity contribution is -0.131. The number of hydrogen-bond donors (Lipinski definition) is 1. The lowest BCUT2D eigenvalue weighted by atomic mass is 9.99. The number of benzene rings is 1. The lowest BCUT2D eigenvalue weighted by Crippen LogP contribution is -2.41. The number of halogens is 1. The van der Waals surface area contributed by atoms with Gasteiger partial charge in [-0.2, -0.15) is 0 Å². The average Bonchev–Trinajstić information content (AvgIpc) is 3.12. The minimum absolute atomic E-state index is 0.221. The van der Waals surface area contributed by atoms with Crippen molar-refractivity contribution >= 4 is 17.7 Å². The predicted octanol–water partition coefficient (Wildman–Crippen LogP) is 2.07. The molecular formula is C16H13FN2O4. The number of imide groups is 1. The summed E-state index contributed by atoms with van der Waals surface area (Å²) in [7, 11) is 0. The maximum atomic E-state index is 12.9. The quantitative estimate of drug-likeness (QED) is 0.692. The van der Waals surface area contributed by atoms with Crippen molar-refractivity contribution in [2.24, 2.45) is 0 Å². The lowest BCUT2D eigenvalue weighted by Gasteiger charge is -2.18. The highest BCUT2D eigenvalue weighted by atomic mass is 19.1. The molecule has 0 saturated carbocycles. The van der Waals surface area contributed by atoms with E-state index in [0.717, 1.165) is 17.0 Å². The van der Waals surface area contributed by atoms with Gasteiger partial charge in [0.1, 0.15) is 11.6 Å². The van der Waals surface area contributed by atoms with E-state index in [-0.39, 0.29) is 11.3 Å². The molecule has 0 aliphatic carbocycles. The number of ketones is 1. The second-order valence-electron chi connectivity index (χ2n) is 5.35. The molecule has 2 heterocycles. The van der Waals surface area contributed by atoms with Crippen LogP contribution >= 0.6 is 0 Å². The van der Waals surface area contributed by atoms with Gasteiger partial charge >= 0.3 is 6.03 Å². The summed E-state index contributed by atoms with van der Waals surface area (Å²) in [4.78, 5) is 37.6. The molecule has 1 atom stereocenters. The first kappa shape index (κ1) is 15.0. The predicted molar refractivity (Wildman–Crippen MR) is 77.0 cm³/mol. The Bertz CT molecular complexity index is 770. The fourth-order valence-corrected chi connectivity index (χ4v) is 2.44. The standard InChI is InChI=1S/C16H13FN2O4/c1-16(13-3-2-8-23-13)14(21)19(15(22)18-16)9-12(20)10-4-6-11(17)7-5-10/h2-8H,9H2,1H3,(H,18,22)/t16-/m0/s1. The van der Waals surface area contributed by atoms with Gasteiger partial charge in [0.2, 0.25) is 0 Å². The molecule has 1 N–H and O–H groups in total. The molecule has 6 nitrogen and oxygen atoms in total. The molecule has 118 valence electrons. The van der Waals surface area contributed by atoms with Crippen LogP contribution in [-0.2, 0) is 10.3 Å². The zero-order chi connectivity index (χ0) is 16.6. The Morgan fingerprint density at radius 2 is 1.96 bits per heavy atom. The zero-order valence-electron chi connectivity index (χ0n) is 12.2. The van der Waals surface area contributed by atoms with Crippen LogP contribution in [0, 0.1) is 5.82 Å². The summed E-state index contributed by atoms with van der Waals surface area (Å²) in [5.74, 6) is -1.22. The molecular weight excluding hydrogens is 303 g/mol. The molecule has 0 spiro atoms. The molecule has 0 unspecified atom stereocenters. The van der Waals surface area contributed by atoms with Crippen LogP contribution in [0.1, 0.15) is 23.0 Å². The highest BCUT2D eigenvalue weighted by Crippen LogP contribution is 2.29. The normalized spacial score (nSPS) is 20.7. The molecule has 1 aliphatic heterocycles. The van der Waals surface area contributed by atoms with Crippen molar-refractivity contribution in [3.8, 4) is 0 Å². The third kappa shape index (κ3) is 2.50. The van der Waals surface area contributed by atoms with Crippen molar-refractivity contribution in [2.45, 2.75) is 12.5 Å². The molecule has 3 amide bonds. The van der Waals surface area contributed by atoms with E-state index >= 15 is 0 Å². The molecule has 1 aromatic heterocycles. The molecule has 0 bridgehead atoms. The van der Waals surface area contributed by atoms with Crippen molar-refractivity contribution in [1.29, 1.82) is 0 Å². The number of amides is 3. The summed E-state index contributed by atoms with van der Waals surface area (Å²) in [6.45, 7) is 1.08. The zero-order valence-corrected chi connectivity index (χ0v) is 12.2. The van der Waals surface area contributed by atoms with Crippen molar-refractivity contribution in [3.63, 3.8) is 0 Å². The SMILES string of the molecule is C[C@@]1(c2ccco2)NC(=O)N(CC(=O)c2ccc(F)cc2)C1=O. The summed E-state index contributed by atoms with van der Waals surface area (Å²) >= 11 is 0. The van der Waals surface area contributed by atoms with Gasteiger partial charge in [0.25, 0.3) is 5.91 Å². The van der Waals surface area contributed by atoms with Crippen LogP contribution < -0.4 is 5.32 Å². The van der Waals surface area contributed by atoms with Crippen LogP contribution in [0.25, 0.3) is 0 Å². The van der Waals surface area contributed by atoms with Gasteiger partial charge in [0.05, 0.1) is 12.8 Å². The van der Waals surface area contributed by atoms with Gasteiger partial charge in [-0.1, -0.05) is 0 Å². The first-order valence-corrected chi connectivity index (χ1v) is 6.88. The van der Waals surface area contributed by atoms with E-state index in [0.29, 0.717) is 0 Å². The first-order chi connectivity index (χ1) is 10.9. The largest absolute Gasteiger partial charge is 0.466 e. The molecule has 3 rings (SSSR count). The summed E-state index contributed by atoms with van der Waals surface area (Å²) in [6, 6.07) is 7.40. The summed E-state index contributed by atoms with van der Waals surface area (Å²) in [5, 5.41) is 2.53. The number of carbonyl (C=O) groups is 3. The Balaban J connectivity index is 1.81. The van der Waals surface area contributed by atoms with Gasteiger partial charge < -0.3 is 9.73 Å². The summed E-state index contributed by atoms with van der Waals surface area (Å²) < 4.78 is 18.1. The fraction of sp³-hybridized carbons (Fsp3) is 0.188. The van der Waals surface area contributed by atoms with E-state index in [1.807, 2.05) is 0 Å². The molecule has 1 aliphatic rings. The molecule has 7 heteroatoms. The molecule has 1 fully saturated rings. The van der Waals surface area contributed by atoms with E-state index < -0.39 is 35.6 Å². The Kier molecular flexibility index (Phi) is 3.48. The van der Waals surface area contributed by atoms with E-state index in [1.54, 1.807) is 12.1 Å². The van der Waals surface area contributed by atoms with Crippen molar-refractivity contribution in [1.82, 2.24) is 10.2 Å². The average molecular weight is 316 g/mol. The van der Waals surface area contributed by atoms with Crippen molar-refractivity contribution < 1.29 is 23.2 Å². The molecule has 0 radical (unpaired) electrons. The molecule has 23 heavy (non-hydrogen) atoms. The molecule has 2 aromatic rings. The Morgan fingerprint density at radius 1 is 1.26 bits per heavy atom. The van der Waals surface area contributed by atoms with Gasteiger partial charge in [-0.25, -0.2) is 9.18 Å². The van der Waals surface area contributed by atoms with Crippen molar-refractivity contribution in [2.75, 3.05) is 6.54 Å². The Labute approximate surface area is 130 Å². The number of carbonyl (C=O) groups excluding carboxylic acids is 3. The number of nitrogens with one attached hydrogen (secondary N) is 1.